The lowest BCUT2D eigenvalue weighted by molar-refractivity contribution is 0.307. The molecule has 0 amide bonds. The van der Waals surface area contributed by atoms with Crippen molar-refractivity contribution < 1.29 is 4.74 Å². The molecular weight excluding hydrogens is 521 g/mol. The zero-order chi connectivity index (χ0) is 22.0. The van der Waals surface area contributed by atoms with Crippen molar-refractivity contribution in [1.82, 2.24) is 4.57 Å². The fourth-order valence-corrected chi connectivity index (χ4v) is 4.55. The van der Waals surface area contributed by atoms with Crippen LogP contribution in [0.5, 0.6) is 5.75 Å². The minimum absolute atomic E-state index is 0.320. The highest BCUT2D eigenvalue weighted by molar-refractivity contribution is 9.10. The standard InChI is InChI=1S/C23H14BrCl2NO3S/c24-15-6-9-20(30-13-14-4-7-16(25)8-5-14)19(10-15)21-12-22(28)27(23(29)31-21)18-3-1-2-17(26)11-18/h1-12H,13H2. The van der Waals surface area contributed by atoms with E-state index in [1.54, 1.807) is 42.5 Å². The maximum absolute atomic E-state index is 12.8. The molecule has 0 unspecified atom stereocenters. The van der Waals surface area contributed by atoms with E-state index < -0.39 is 10.4 Å². The highest BCUT2D eigenvalue weighted by Gasteiger charge is 2.14. The van der Waals surface area contributed by atoms with Crippen LogP contribution in [0.15, 0.2) is 86.9 Å². The smallest absolute Gasteiger partial charge is 0.315 e. The molecule has 0 saturated heterocycles. The normalized spacial score (nSPS) is 10.8. The Labute approximate surface area is 200 Å². The summed E-state index contributed by atoms with van der Waals surface area (Å²) in [7, 11) is 0. The van der Waals surface area contributed by atoms with Gasteiger partial charge in [0.15, 0.2) is 0 Å². The Bertz CT molecular complexity index is 1340. The van der Waals surface area contributed by atoms with Crippen LogP contribution in [-0.4, -0.2) is 4.57 Å². The minimum Gasteiger partial charge on any atom is -0.488 e. The van der Waals surface area contributed by atoms with Gasteiger partial charge in [0.2, 0.25) is 0 Å². The van der Waals surface area contributed by atoms with Crippen molar-refractivity contribution in [2.45, 2.75) is 6.61 Å². The van der Waals surface area contributed by atoms with Gasteiger partial charge in [-0.15, -0.1) is 0 Å². The third-order valence-electron chi connectivity index (χ3n) is 4.44. The Morgan fingerprint density at radius 1 is 0.903 bits per heavy atom. The Morgan fingerprint density at radius 3 is 2.39 bits per heavy atom. The summed E-state index contributed by atoms with van der Waals surface area (Å²) in [6, 6.07) is 20.9. The van der Waals surface area contributed by atoms with Crippen LogP contribution in [0, 0.1) is 0 Å². The molecule has 1 heterocycles. The number of nitrogens with zero attached hydrogens (tertiary/aromatic N) is 1. The molecule has 0 N–H and O–H groups in total. The Hall–Kier alpha value is -2.38. The van der Waals surface area contributed by atoms with Gasteiger partial charge in [-0.25, -0.2) is 4.57 Å². The van der Waals surface area contributed by atoms with Crippen molar-refractivity contribution in [2.24, 2.45) is 0 Å². The maximum atomic E-state index is 12.8. The van der Waals surface area contributed by atoms with Crippen LogP contribution < -0.4 is 15.2 Å². The fourth-order valence-electron chi connectivity index (χ4n) is 2.98. The van der Waals surface area contributed by atoms with Gasteiger partial charge in [-0.05, 0) is 54.1 Å². The number of hydrogen-bond donors (Lipinski definition) is 0. The van der Waals surface area contributed by atoms with E-state index in [9.17, 15) is 9.59 Å². The predicted octanol–water partition coefficient (Wildman–Crippen LogP) is 6.57. The molecule has 4 aromatic rings. The minimum atomic E-state index is -0.440. The van der Waals surface area contributed by atoms with Crippen LogP contribution in [0.1, 0.15) is 5.56 Å². The number of benzene rings is 3. The van der Waals surface area contributed by atoms with E-state index >= 15 is 0 Å². The van der Waals surface area contributed by atoms with Crippen LogP contribution in [0.25, 0.3) is 16.1 Å². The summed E-state index contributed by atoms with van der Waals surface area (Å²) in [5.74, 6) is 0.564. The monoisotopic (exact) mass is 533 g/mol. The molecule has 0 aliphatic heterocycles. The van der Waals surface area contributed by atoms with Crippen LogP contribution in [0.4, 0.5) is 0 Å². The number of rotatable bonds is 5. The van der Waals surface area contributed by atoms with E-state index in [1.165, 1.54) is 6.07 Å². The molecule has 0 spiro atoms. The molecule has 1 aromatic heterocycles. The van der Waals surface area contributed by atoms with E-state index in [1.807, 2.05) is 24.3 Å². The van der Waals surface area contributed by atoms with Crippen molar-refractivity contribution in [2.75, 3.05) is 0 Å². The molecule has 4 rings (SSSR count). The summed E-state index contributed by atoms with van der Waals surface area (Å²) in [6.07, 6.45) is 0. The quantitative estimate of drug-likeness (QED) is 0.291. The fraction of sp³-hybridized carbons (Fsp3) is 0.0435. The molecule has 0 saturated carbocycles. The second-order valence-corrected chi connectivity index (χ2v) is 9.37. The van der Waals surface area contributed by atoms with Gasteiger partial charge in [0.05, 0.1) is 5.69 Å². The highest BCUT2D eigenvalue weighted by atomic mass is 79.9. The maximum Gasteiger partial charge on any atom is 0.315 e. The lowest BCUT2D eigenvalue weighted by atomic mass is 10.1. The summed E-state index contributed by atoms with van der Waals surface area (Å²) >= 11 is 16.4. The number of ether oxygens (including phenoxy) is 1. The van der Waals surface area contributed by atoms with Gasteiger partial charge in [0, 0.05) is 31.0 Å². The molecule has 0 bridgehead atoms. The summed E-state index contributed by atoms with van der Waals surface area (Å²) in [5.41, 5.74) is 1.59. The van der Waals surface area contributed by atoms with E-state index in [4.69, 9.17) is 27.9 Å². The zero-order valence-corrected chi connectivity index (χ0v) is 19.8. The van der Waals surface area contributed by atoms with Crippen molar-refractivity contribution in [1.29, 1.82) is 0 Å². The van der Waals surface area contributed by atoms with Crippen LogP contribution in [0.2, 0.25) is 10.0 Å². The lowest BCUT2D eigenvalue weighted by Gasteiger charge is -2.13. The third-order valence-corrected chi connectivity index (χ3v) is 6.33. The second-order valence-electron chi connectivity index (χ2n) is 6.59. The molecule has 8 heteroatoms. The van der Waals surface area contributed by atoms with Crippen LogP contribution >= 0.6 is 50.5 Å². The van der Waals surface area contributed by atoms with E-state index in [0.29, 0.717) is 38.5 Å². The molecule has 156 valence electrons. The van der Waals surface area contributed by atoms with E-state index in [-0.39, 0.29) is 0 Å². The number of halogens is 3. The summed E-state index contributed by atoms with van der Waals surface area (Å²) in [5, 5.41) is 1.10. The first kappa shape index (κ1) is 21.8. The van der Waals surface area contributed by atoms with Crippen molar-refractivity contribution in [3.05, 3.63) is 113 Å². The van der Waals surface area contributed by atoms with Gasteiger partial charge in [-0.2, -0.15) is 0 Å². The van der Waals surface area contributed by atoms with Gasteiger partial charge in [0.25, 0.3) is 5.56 Å². The first-order valence-corrected chi connectivity index (χ1v) is 11.5. The van der Waals surface area contributed by atoms with Crippen molar-refractivity contribution in [3.63, 3.8) is 0 Å². The van der Waals surface area contributed by atoms with E-state index in [0.717, 1.165) is 25.9 Å². The molecule has 31 heavy (non-hydrogen) atoms. The number of aromatic nitrogens is 1. The Kier molecular flexibility index (Phi) is 6.62. The Morgan fingerprint density at radius 2 is 1.68 bits per heavy atom. The summed E-state index contributed by atoms with van der Waals surface area (Å²) in [4.78, 5) is 25.7. The summed E-state index contributed by atoms with van der Waals surface area (Å²) in [6.45, 7) is 0.320. The summed E-state index contributed by atoms with van der Waals surface area (Å²) < 4.78 is 7.91. The first-order valence-electron chi connectivity index (χ1n) is 9.11. The molecule has 4 nitrogen and oxygen atoms in total. The highest BCUT2D eigenvalue weighted by Crippen LogP contribution is 2.34. The lowest BCUT2D eigenvalue weighted by Crippen LogP contribution is -2.28. The van der Waals surface area contributed by atoms with E-state index in [2.05, 4.69) is 15.9 Å². The first-order chi connectivity index (χ1) is 14.9. The predicted molar refractivity (Wildman–Crippen MR) is 130 cm³/mol. The number of hydrogen-bond acceptors (Lipinski definition) is 4. The molecule has 0 radical (unpaired) electrons. The third kappa shape index (κ3) is 5.10. The molecule has 3 aromatic carbocycles. The average Bonchev–Trinajstić information content (AvgIpc) is 2.73. The van der Waals surface area contributed by atoms with Gasteiger partial charge in [-0.3, -0.25) is 9.59 Å². The topological polar surface area (TPSA) is 48.3 Å². The molecule has 0 aliphatic carbocycles. The van der Waals surface area contributed by atoms with Crippen molar-refractivity contribution in [3.8, 4) is 21.9 Å². The molecule has 0 fully saturated rings. The molecule has 0 aliphatic rings. The van der Waals surface area contributed by atoms with Gasteiger partial charge >= 0.3 is 4.87 Å². The average molecular weight is 535 g/mol. The zero-order valence-electron chi connectivity index (χ0n) is 15.8. The second kappa shape index (κ2) is 9.40. The van der Waals surface area contributed by atoms with Gasteiger partial charge < -0.3 is 4.74 Å². The molecular formula is C23H14BrCl2NO3S. The van der Waals surface area contributed by atoms with Crippen molar-refractivity contribution >= 4 is 50.5 Å². The van der Waals surface area contributed by atoms with Crippen LogP contribution in [-0.2, 0) is 6.61 Å². The van der Waals surface area contributed by atoms with Crippen LogP contribution in [0.3, 0.4) is 0 Å². The molecule has 0 atom stereocenters. The van der Waals surface area contributed by atoms with Gasteiger partial charge in [-0.1, -0.05) is 68.7 Å². The largest absolute Gasteiger partial charge is 0.488 e. The SMILES string of the molecule is O=c1cc(-c2cc(Br)ccc2OCc2ccc(Cl)cc2)sc(=O)n1-c1cccc(Cl)c1. The van der Waals surface area contributed by atoms with Gasteiger partial charge in [0.1, 0.15) is 12.4 Å². The Balaban J connectivity index is 1.72.